The van der Waals surface area contributed by atoms with E-state index in [4.69, 9.17) is 4.74 Å². The maximum absolute atomic E-state index is 13.4. The molecule has 0 aliphatic carbocycles. The van der Waals surface area contributed by atoms with Gasteiger partial charge in [0.1, 0.15) is 12.4 Å². The molecule has 0 saturated carbocycles. The van der Waals surface area contributed by atoms with Gasteiger partial charge in [0.15, 0.2) is 11.5 Å². The molecule has 2 aromatic carbocycles. The molecule has 3 aromatic rings. The van der Waals surface area contributed by atoms with Crippen LogP contribution in [0.1, 0.15) is 30.5 Å². The third-order valence-corrected chi connectivity index (χ3v) is 6.01. The molecule has 8 nitrogen and oxygen atoms in total. The van der Waals surface area contributed by atoms with Crippen molar-refractivity contribution < 1.29 is 32.6 Å². The Balaban J connectivity index is 1.39. The normalized spacial score (nSPS) is 15.6. The van der Waals surface area contributed by atoms with Crippen LogP contribution in [0, 0.1) is 6.92 Å². The van der Waals surface area contributed by atoms with Gasteiger partial charge in [-0.05, 0) is 56.2 Å². The topological polar surface area (TPSA) is 98.8 Å². The minimum atomic E-state index is -3.73. The van der Waals surface area contributed by atoms with E-state index in [0.29, 0.717) is 22.8 Å². The Morgan fingerprint density at radius 2 is 1.86 bits per heavy atom. The van der Waals surface area contributed by atoms with E-state index in [2.05, 4.69) is 25.1 Å². The Morgan fingerprint density at radius 1 is 1.09 bits per heavy atom. The molecule has 0 fully saturated rings. The number of halogens is 2. The highest BCUT2D eigenvalue weighted by atomic mass is 19.3. The summed E-state index contributed by atoms with van der Waals surface area (Å²) < 4.78 is 40.7. The number of hydrogen-bond acceptors (Lipinski definition) is 6. The number of ether oxygens (including phenoxy) is 3. The highest BCUT2D eigenvalue weighted by molar-refractivity contribution is 5.98. The highest BCUT2D eigenvalue weighted by Crippen LogP contribution is 2.43. The lowest BCUT2D eigenvalue weighted by molar-refractivity contribution is -0.286. The van der Waals surface area contributed by atoms with E-state index in [1.807, 2.05) is 31.2 Å². The standard InChI is InChI=1S/C25H21F2N3O5/c1-13-4-9-20(29-21(13)14-5-6-15-12-33-23(32)28-17(15)10-14)30-22(31)24(2,3)16-7-8-18-19(11-16)35-25(26,27)34-18/h4-11H,12H2,1-3H3,(H,28,32)(H,29,30,31). The third kappa shape index (κ3) is 4.23. The van der Waals surface area contributed by atoms with Crippen molar-refractivity contribution in [2.24, 2.45) is 0 Å². The highest BCUT2D eigenvalue weighted by Gasteiger charge is 2.44. The number of aromatic nitrogens is 1. The van der Waals surface area contributed by atoms with E-state index in [-0.39, 0.29) is 24.0 Å². The van der Waals surface area contributed by atoms with Crippen LogP contribution in [0.25, 0.3) is 11.3 Å². The summed E-state index contributed by atoms with van der Waals surface area (Å²) in [7, 11) is 0. The molecular formula is C25H21F2N3O5. The van der Waals surface area contributed by atoms with Crippen LogP contribution in [0.2, 0.25) is 0 Å². The Hall–Kier alpha value is -4.21. The van der Waals surface area contributed by atoms with Crippen molar-refractivity contribution in [1.29, 1.82) is 0 Å². The number of fused-ring (bicyclic) bond motifs is 2. The number of anilines is 2. The predicted molar refractivity (Wildman–Crippen MR) is 123 cm³/mol. The Bertz CT molecular complexity index is 1370. The van der Waals surface area contributed by atoms with Crippen LogP contribution in [0.3, 0.4) is 0 Å². The quantitative estimate of drug-likeness (QED) is 0.521. The zero-order valence-electron chi connectivity index (χ0n) is 19.1. The van der Waals surface area contributed by atoms with Gasteiger partial charge in [-0.2, -0.15) is 0 Å². The van der Waals surface area contributed by atoms with Crippen LogP contribution < -0.4 is 20.1 Å². The average Bonchev–Trinajstić information content (AvgIpc) is 3.12. The summed E-state index contributed by atoms with van der Waals surface area (Å²) in [5, 5.41) is 5.48. The molecule has 0 spiro atoms. The molecule has 0 radical (unpaired) electrons. The summed E-state index contributed by atoms with van der Waals surface area (Å²) in [6, 6.07) is 13.3. The van der Waals surface area contributed by atoms with Gasteiger partial charge in [-0.3, -0.25) is 10.1 Å². The fourth-order valence-electron chi connectivity index (χ4n) is 3.89. The first-order chi connectivity index (χ1) is 16.5. The van der Waals surface area contributed by atoms with Crippen molar-refractivity contribution in [2.75, 3.05) is 10.6 Å². The molecule has 0 saturated heterocycles. The first kappa shape index (κ1) is 22.6. The first-order valence-corrected chi connectivity index (χ1v) is 10.8. The van der Waals surface area contributed by atoms with E-state index < -0.39 is 17.8 Å². The molecule has 0 atom stereocenters. The lowest BCUT2D eigenvalue weighted by Gasteiger charge is -2.24. The van der Waals surface area contributed by atoms with E-state index in [9.17, 15) is 18.4 Å². The van der Waals surface area contributed by atoms with Gasteiger partial charge >= 0.3 is 12.4 Å². The van der Waals surface area contributed by atoms with Gasteiger partial charge in [-0.15, -0.1) is 8.78 Å². The number of amides is 2. The fraction of sp³-hybridized carbons (Fsp3) is 0.240. The molecule has 2 amide bonds. The largest absolute Gasteiger partial charge is 0.586 e. The summed E-state index contributed by atoms with van der Waals surface area (Å²) in [6.07, 6.45) is -4.25. The number of pyridine rings is 1. The number of cyclic esters (lactones) is 1. The number of benzene rings is 2. The number of rotatable bonds is 4. The molecule has 10 heteroatoms. The van der Waals surface area contributed by atoms with Crippen LogP contribution in [0.5, 0.6) is 11.5 Å². The lowest BCUT2D eigenvalue weighted by atomic mass is 9.83. The smallest absolute Gasteiger partial charge is 0.444 e. The fourth-order valence-corrected chi connectivity index (χ4v) is 3.89. The molecule has 3 heterocycles. The number of carbonyl (C=O) groups is 2. The molecule has 2 N–H and O–H groups in total. The van der Waals surface area contributed by atoms with Crippen molar-refractivity contribution in [3.8, 4) is 22.8 Å². The van der Waals surface area contributed by atoms with Gasteiger partial charge in [0.25, 0.3) is 0 Å². The molecule has 5 rings (SSSR count). The zero-order valence-corrected chi connectivity index (χ0v) is 19.1. The predicted octanol–water partition coefficient (Wildman–Crippen LogP) is 5.36. The summed E-state index contributed by atoms with van der Waals surface area (Å²) in [6.45, 7) is 5.42. The summed E-state index contributed by atoms with van der Waals surface area (Å²) in [5.74, 6) is -0.289. The second kappa shape index (κ2) is 7.93. The number of alkyl halides is 2. The number of carbonyl (C=O) groups excluding carboxylic acids is 2. The molecule has 0 bridgehead atoms. The molecular weight excluding hydrogens is 460 g/mol. The van der Waals surface area contributed by atoms with Crippen LogP contribution in [-0.4, -0.2) is 23.3 Å². The van der Waals surface area contributed by atoms with E-state index in [1.54, 1.807) is 26.0 Å². The van der Waals surface area contributed by atoms with Gasteiger partial charge in [0, 0.05) is 11.1 Å². The molecule has 1 aromatic heterocycles. The molecule has 35 heavy (non-hydrogen) atoms. The zero-order chi connectivity index (χ0) is 25.0. The van der Waals surface area contributed by atoms with Gasteiger partial charge < -0.3 is 19.5 Å². The van der Waals surface area contributed by atoms with Crippen LogP contribution in [0.4, 0.5) is 25.1 Å². The minimum absolute atomic E-state index is 0.0902. The second-order valence-corrected chi connectivity index (χ2v) is 8.84. The third-order valence-electron chi connectivity index (χ3n) is 6.01. The molecule has 2 aliphatic rings. The van der Waals surface area contributed by atoms with Crippen molar-refractivity contribution in [3.05, 3.63) is 65.2 Å². The Labute approximate surface area is 199 Å². The van der Waals surface area contributed by atoms with Gasteiger partial charge in [-0.1, -0.05) is 24.3 Å². The number of hydrogen-bond donors (Lipinski definition) is 2. The maximum Gasteiger partial charge on any atom is 0.586 e. The second-order valence-electron chi connectivity index (χ2n) is 8.84. The number of nitrogens with one attached hydrogen (secondary N) is 2. The average molecular weight is 481 g/mol. The first-order valence-electron chi connectivity index (χ1n) is 10.8. The summed E-state index contributed by atoms with van der Waals surface area (Å²) >= 11 is 0. The van der Waals surface area contributed by atoms with Crippen LogP contribution in [0.15, 0.2) is 48.5 Å². The maximum atomic E-state index is 13.4. The van der Waals surface area contributed by atoms with Crippen molar-refractivity contribution >= 4 is 23.5 Å². The molecule has 180 valence electrons. The molecule has 2 aliphatic heterocycles. The lowest BCUT2D eigenvalue weighted by Crippen LogP contribution is -2.35. The van der Waals surface area contributed by atoms with Gasteiger partial charge in [-0.25, -0.2) is 9.78 Å². The van der Waals surface area contributed by atoms with Crippen molar-refractivity contribution in [1.82, 2.24) is 4.98 Å². The number of aryl methyl sites for hydroxylation is 1. The minimum Gasteiger partial charge on any atom is -0.444 e. The van der Waals surface area contributed by atoms with E-state index in [0.717, 1.165) is 16.7 Å². The van der Waals surface area contributed by atoms with Crippen molar-refractivity contribution in [2.45, 2.75) is 39.1 Å². The summed E-state index contributed by atoms with van der Waals surface area (Å²) in [5.41, 5.74) is 3.12. The van der Waals surface area contributed by atoms with Crippen LogP contribution in [-0.2, 0) is 21.6 Å². The summed E-state index contributed by atoms with van der Waals surface area (Å²) in [4.78, 5) is 29.4. The van der Waals surface area contributed by atoms with Gasteiger partial charge in [0.2, 0.25) is 5.91 Å². The number of nitrogens with zero attached hydrogens (tertiary/aromatic N) is 1. The monoisotopic (exact) mass is 481 g/mol. The Morgan fingerprint density at radius 3 is 2.66 bits per heavy atom. The SMILES string of the molecule is Cc1ccc(NC(=O)C(C)(C)c2ccc3c(c2)OC(F)(F)O3)nc1-c1ccc2c(c1)NC(=O)OC2. The molecule has 0 unspecified atom stereocenters. The van der Waals surface area contributed by atoms with Gasteiger partial charge in [0.05, 0.1) is 16.8 Å². The Kier molecular flexibility index (Phi) is 5.12. The van der Waals surface area contributed by atoms with Crippen LogP contribution >= 0.6 is 0 Å². The van der Waals surface area contributed by atoms with Crippen molar-refractivity contribution in [3.63, 3.8) is 0 Å². The van der Waals surface area contributed by atoms with E-state index in [1.165, 1.54) is 12.1 Å². The van der Waals surface area contributed by atoms with E-state index >= 15 is 0 Å².